The summed E-state index contributed by atoms with van der Waals surface area (Å²) >= 11 is 0. The number of hydrogen-bond donors (Lipinski definition) is 2. The molecule has 0 unspecified atom stereocenters. The number of nitrogens with one attached hydrogen (secondary N) is 2. The molecular weight excluding hydrogens is 326 g/mol. The summed E-state index contributed by atoms with van der Waals surface area (Å²) in [5.74, 6) is -2.29. The second-order valence-electron chi connectivity index (χ2n) is 5.96. The van der Waals surface area contributed by atoms with E-state index in [2.05, 4.69) is 24.5 Å². The van der Waals surface area contributed by atoms with Gasteiger partial charge in [-0.05, 0) is 35.7 Å². The maximum Gasteiger partial charge on any atom is 0.254 e. The molecule has 0 aromatic heterocycles. The number of carbonyl (C=O) groups excluding carboxylic acids is 2. The lowest BCUT2D eigenvalue weighted by molar-refractivity contribution is -0.116. The molecule has 25 heavy (non-hydrogen) atoms. The minimum absolute atomic E-state index is 0.0421. The van der Waals surface area contributed by atoms with Crippen LogP contribution < -0.4 is 10.6 Å². The standard InChI is InChI=1S/C19H20F2N2O2/c1-12(2)13-4-3-5-15(10-13)23-18(24)8-9-22-19(25)16-7-6-14(20)11-17(16)21/h3-7,10-12H,8-9H2,1-2H3,(H,22,25)(H,23,24). The van der Waals surface area contributed by atoms with Crippen LogP contribution in [0.15, 0.2) is 42.5 Å². The Morgan fingerprint density at radius 2 is 1.84 bits per heavy atom. The Bertz CT molecular complexity index is 776. The normalized spacial score (nSPS) is 10.6. The van der Waals surface area contributed by atoms with E-state index in [1.165, 1.54) is 0 Å². The Hall–Kier alpha value is -2.76. The van der Waals surface area contributed by atoms with Crippen molar-refractivity contribution < 1.29 is 18.4 Å². The summed E-state index contributed by atoms with van der Waals surface area (Å²) in [6.45, 7) is 4.17. The summed E-state index contributed by atoms with van der Waals surface area (Å²) in [6, 6.07) is 10.3. The van der Waals surface area contributed by atoms with Gasteiger partial charge in [-0.1, -0.05) is 26.0 Å². The van der Waals surface area contributed by atoms with Crippen molar-refractivity contribution in [3.63, 3.8) is 0 Å². The smallest absolute Gasteiger partial charge is 0.254 e. The first kappa shape index (κ1) is 18.6. The molecule has 2 amide bonds. The first-order valence-corrected chi connectivity index (χ1v) is 8.00. The van der Waals surface area contributed by atoms with E-state index in [-0.39, 0.29) is 24.4 Å². The predicted octanol–water partition coefficient (Wildman–Crippen LogP) is 3.85. The monoisotopic (exact) mass is 346 g/mol. The molecular formula is C19H20F2N2O2. The highest BCUT2D eigenvalue weighted by molar-refractivity contribution is 5.95. The van der Waals surface area contributed by atoms with Gasteiger partial charge in [0.2, 0.25) is 5.91 Å². The molecule has 4 nitrogen and oxygen atoms in total. The lowest BCUT2D eigenvalue weighted by Crippen LogP contribution is -2.28. The number of benzene rings is 2. The zero-order valence-corrected chi connectivity index (χ0v) is 14.1. The van der Waals surface area contributed by atoms with Crippen molar-refractivity contribution in [2.24, 2.45) is 0 Å². The number of amides is 2. The lowest BCUT2D eigenvalue weighted by Gasteiger charge is -2.10. The molecule has 6 heteroatoms. The van der Waals surface area contributed by atoms with Gasteiger partial charge in [-0.25, -0.2) is 8.78 Å². The molecule has 2 aromatic carbocycles. The highest BCUT2D eigenvalue weighted by Gasteiger charge is 2.12. The summed E-state index contributed by atoms with van der Waals surface area (Å²) in [6.07, 6.45) is 0.0421. The van der Waals surface area contributed by atoms with Gasteiger partial charge in [0.1, 0.15) is 11.6 Å². The van der Waals surface area contributed by atoms with Crippen LogP contribution in [-0.2, 0) is 4.79 Å². The van der Waals surface area contributed by atoms with Crippen LogP contribution in [0.1, 0.15) is 42.1 Å². The highest BCUT2D eigenvalue weighted by Crippen LogP contribution is 2.18. The van der Waals surface area contributed by atoms with Crippen molar-refractivity contribution in [3.8, 4) is 0 Å². The van der Waals surface area contributed by atoms with E-state index in [9.17, 15) is 18.4 Å². The zero-order valence-electron chi connectivity index (χ0n) is 14.1. The average molecular weight is 346 g/mol. The Kier molecular flexibility index (Phi) is 6.22. The SMILES string of the molecule is CC(C)c1cccc(NC(=O)CCNC(=O)c2ccc(F)cc2F)c1. The largest absolute Gasteiger partial charge is 0.351 e. The average Bonchev–Trinajstić information content (AvgIpc) is 2.54. The number of anilines is 1. The maximum absolute atomic E-state index is 13.5. The Morgan fingerprint density at radius 3 is 2.52 bits per heavy atom. The van der Waals surface area contributed by atoms with E-state index >= 15 is 0 Å². The lowest BCUT2D eigenvalue weighted by atomic mass is 10.0. The minimum atomic E-state index is -0.938. The van der Waals surface area contributed by atoms with Crippen LogP contribution in [0.2, 0.25) is 0 Å². The molecule has 0 atom stereocenters. The topological polar surface area (TPSA) is 58.2 Å². The van der Waals surface area contributed by atoms with Crippen molar-refractivity contribution in [3.05, 3.63) is 65.2 Å². The molecule has 0 saturated heterocycles. The first-order chi connectivity index (χ1) is 11.9. The van der Waals surface area contributed by atoms with E-state index in [4.69, 9.17) is 0 Å². The first-order valence-electron chi connectivity index (χ1n) is 8.00. The Labute approximate surface area is 145 Å². The van der Waals surface area contributed by atoms with Gasteiger partial charge in [-0.15, -0.1) is 0 Å². The second-order valence-corrected chi connectivity index (χ2v) is 5.96. The van der Waals surface area contributed by atoms with E-state index in [0.29, 0.717) is 17.7 Å². The Balaban J connectivity index is 1.84. The third-order valence-corrected chi connectivity index (χ3v) is 3.65. The molecule has 132 valence electrons. The van der Waals surface area contributed by atoms with Crippen LogP contribution in [-0.4, -0.2) is 18.4 Å². The van der Waals surface area contributed by atoms with E-state index < -0.39 is 17.5 Å². The molecule has 0 bridgehead atoms. The van der Waals surface area contributed by atoms with Crippen molar-refractivity contribution in [2.45, 2.75) is 26.2 Å². The molecule has 0 radical (unpaired) electrons. The number of carbonyl (C=O) groups is 2. The molecule has 0 saturated carbocycles. The van der Waals surface area contributed by atoms with Crippen LogP contribution in [0.5, 0.6) is 0 Å². The fourth-order valence-corrected chi connectivity index (χ4v) is 2.26. The molecule has 0 aliphatic heterocycles. The predicted molar refractivity (Wildman–Crippen MR) is 92.5 cm³/mol. The zero-order chi connectivity index (χ0) is 18.4. The van der Waals surface area contributed by atoms with Gasteiger partial charge >= 0.3 is 0 Å². The van der Waals surface area contributed by atoms with Gasteiger partial charge < -0.3 is 10.6 Å². The molecule has 0 aliphatic carbocycles. The van der Waals surface area contributed by atoms with Crippen LogP contribution in [0, 0.1) is 11.6 Å². The highest BCUT2D eigenvalue weighted by atomic mass is 19.1. The molecule has 2 N–H and O–H groups in total. The molecule has 0 aliphatic rings. The minimum Gasteiger partial charge on any atom is -0.351 e. The van der Waals surface area contributed by atoms with Crippen molar-refractivity contribution in [1.82, 2.24) is 5.32 Å². The quantitative estimate of drug-likeness (QED) is 0.835. The van der Waals surface area contributed by atoms with Gasteiger partial charge in [-0.3, -0.25) is 9.59 Å². The molecule has 0 fully saturated rings. The number of rotatable bonds is 6. The fraction of sp³-hybridized carbons (Fsp3) is 0.263. The van der Waals surface area contributed by atoms with Crippen molar-refractivity contribution in [1.29, 1.82) is 0 Å². The summed E-state index contributed by atoms with van der Waals surface area (Å²) in [7, 11) is 0. The summed E-state index contributed by atoms with van der Waals surface area (Å²) in [4.78, 5) is 23.8. The van der Waals surface area contributed by atoms with Gasteiger partial charge in [0.15, 0.2) is 0 Å². The van der Waals surface area contributed by atoms with Crippen molar-refractivity contribution >= 4 is 17.5 Å². The molecule has 2 aromatic rings. The Morgan fingerprint density at radius 1 is 1.08 bits per heavy atom. The van der Waals surface area contributed by atoms with Gasteiger partial charge in [0, 0.05) is 24.7 Å². The summed E-state index contributed by atoms with van der Waals surface area (Å²) in [5, 5.41) is 5.20. The van der Waals surface area contributed by atoms with Gasteiger partial charge in [0.25, 0.3) is 5.91 Å². The fourth-order valence-electron chi connectivity index (χ4n) is 2.26. The number of hydrogen-bond acceptors (Lipinski definition) is 2. The van der Waals surface area contributed by atoms with Crippen LogP contribution in [0.25, 0.3) is 0 Å². The van der Waals surface area contributed by atoms with E-state index in [1.807, 2.05) is 18.2 Å². The molecule has 0 spiro atoms. The van der Waals surface area contributed by atoms with Gasteiger partial charge in [-0.2, -0.15) is 0 Å². The molecule has 0 heterocycles. The van der Waals surface area contributed by atoms with Gasteiger partial charge in [0.05, 0.1) is 5.56 Å². The number of halogens is 2. The van der Waals surface area contributed by atoms with E-state index in [1.54, 1.807) is 6.07 Å². The third kappa shape index (κ3) is 5.38. The maximum atomic E-state index is 13.5. The van der Waals surface area contributed by atoms with E-state index in [0.717, 1.165) is 17.7 Å². The van der Waals surface area contributed by atoms with Crippen LogP contribution in [0.3, 0.4) is 0 Å². The van der Waals surface area contributed by atoms with Crippen molar-refractivity contribution in [2.75, 3.05) is 11.9 Å². The van der Waals surface area contributed by atoms with Crippen LogP contribution in [0.4, 0.5) is 14.5 Å². The third-order valence-electron chi connectivity index (χ3n) is 3.65. The summed E-state index contributed by atoms with van der Waals surface area (Å²) < 4.78 is 26.3. The van der Waals surface area contributed by atoms with Crippen LogP contribution >= 0.6 is 0 Å². The molecule has 2 rings (SSSR count). The summed E-state index contributed by atoms with van der Waals surface area (Å²) in [5.41, 5.74) is 1.54. The second kappa shape index (κ2) is 8.37.